The minimum atomic E-state index is -0.304. The summed E-state index contributed by atoms with van der Waals surface area (Å²) in [4.78, 5) is 35.1. The molecule has 0 N–H and O–H groups in total. The van der Waals surface area contributed by atoms with E-state index >= 15 is 0 Å². The highest BCUT2D eigenvalue weighted by molar-refractivity contribution is 5.96. The number of carbonyl (C=O) groups excluding carboxylic acids is 2. The van der Waals surface area contributed by atoms with E-state index in [1.165, 1.54) is 0 Å². The van der Waals surface area contributed by atoms with Gasteiger partial charge in [-0.15, -0.1) is 0 Å². The van der Waals surface area contributed by atoms with Gasteiger partial charge in [-0.25, -0.2) is 4.98 Å². The molecule has 0 aromatic carbocycles. The average molecular weight is 312 g/mol. The third-order valence-electron chi connectivity index (χ3n) is 4.35. The van der Waals surface area contributed by atoms with Crippen molar-refractivity contribution in [3.8, 4) is 0 Å². The minimum Gasteiger partial charge on any atom is -0.340 e. The first-order valence-corrected chi connectivity index (χ1v) is 7.88. The first-order chi connectivity index (χ1) is 11.2. The van der Waals surface area contributed by atoms with Gasteiger partial charge in [0, 0.05) is 37.6 Å². The van der Waals surface area contributed by atoms with E-state index in [1.807, 2.05) is 13.0 Å². The molecule has 0 unspecified atom stereocenters. The van der Waals surface area contributed by atoms with Gasteiger partial charge in [0.15, 0.2) is 5.78 Å². The highest BCUT2D eigenvalue weighted by Crippen LogP contribution is 2.22. The van der Waals surface area contributed by atoms with Crippen LogP contribution in [0, 0.1) is 5.92 Å². The molecule has 0 bridgehead atoms. The Morgan fingerprint density at radius 2 is 2.17 bits per heavy atom. The van der Waals surface area contributed by atoms with Crippen molar-refractivity contribution in [1.29, 1.82) is 0 Å². The summed E-state index contributed by atoms with van der Waals surface area (Å²) in [5.74, 6) is -0.113. The summed E-state index contributed by atoms with van der Waals surface area (Å²) in [6.45, 7) is 3.02. The number of imidazole rings is 1. The molecule has 6 heteroatoms. The van der Waals surface area contributed by atoms with Gasteiger partial charge in [0.05, 0.1) is 6.33 Å². The predicted molar refractivity (Wildman–Crippen MR) is 84.8 cm³/mol. The van der Waals surface area contributed by atoms with E-state index < -0.39 is 0 Å². The van der Waals surface area contributed by atoms with Gasteiger partial charge >= 0.3 is 0 Å². The molecule has 23 heavy (non-hydrogen) atoms. The summed E-state index contributed by atoms with van der Waals surface area (Å²) in [5, 5.41) is 0. The fraction of sp³-hybridized carbons (Fsp3) is 0.412. The summed E-state index contributed by atoms with van der Waals surface area (Å²) in [5.41, 5.74) is 0.481. The second kappa shape index (κ2) is 6.73. The molecule has 1 aliphatic rings. The second-order valence-electron chi connectivity index (χ2n) is 5.89. The molecule has 0 spiro atoms. The molecule has 0 saturated carbocycles. The number of aromatic nitrogens is 3. The SMILES string of the molecule is C[C@@H](C(=O)N1CCC[C@@H](C(=O)c2ccccn2)C1)n1ccnc1. The Hall–Kier alpha value is -2.50. The van der Waals surface area contributed by atoms with Crippen molar-refractivity contribution in [2.45, 2.75) is 25.8 Å². The first-order valence-electron chi connectivity index (χ1n) is 7.88. The molecule has 0 radical (unpaired) electrons. The first kappa shape index (κ1) is 15.4. The second-order valence-corrected chi connectivity index (χ2v) is 5.89. The van der Waals surface area contributed by atoms with Crippen LogP contribution in [-0.4, -0.2) is 44.2 Å². The van der Waals surface area contributed by atoms with Crippen LogP contribution in [0.4, 0.5) is 0 Å². The van der Waals surface area contributed by atoms with Crippen LogP contribution >= 0.6 is 0 Å². The van der Waals surface area contributed by atoms with E-state index in [0.29, 0.717) is 18.8 Å². The van der Waals surface area contributed by atoms with Crippen molar-refractivity contribution >= 4 is 11.7 Å². The summed E-state index contributed by atoms with van der Waals surface area (Å²) >= 11 is 0. The summed E-state index contributed by atoms with van der Waals surface area (Å²) in [6, 6.07) is 5.03. The lowest BCUT2D eigenvalue weighted by molar-refractivity contribution is -0.135. The Morgan fingerprint density at radius 1 is 1.30 bits per heavy atom. The van der Waals surface area contributed by atoms with Crippen molar-refractivity contribution in [2.24, 2.45) is 5.92 Å². The number of hydrogen-bond donors (Lipinski definition) is 0. The fourth-order valence-corrected chi connectivity index (χ4v) is 3.00. The Bertz CT molecular complexity index is 669. The Labute approximate surface area is 135 Å². The molecular formula is C17H20N4O2. The van der Waals surface area contributed by atoms with Crippen molar-refractivity contribution in [3.05, 3.63) is 48.8 Å². The summed E-state index contributed by atoms with van der Waals surface area (Å²) in [6.07, 6.45) is 8.35. The Morgan fingerprint density at radius 3 is 2.87 bits per heavy atom. The van der Waals surface area contributed by atoms with E-state index in [4.69, 9.17) is 0 Å². The summed E-state index contributed by atoms with van der Waals surface area (Å²) in [7, 11) is 0. The summed E-state index contributed by atoms with van der Waals surface area (Å²) < 4.78 is 1.78. The quantitative estimate of drug-likeness (QED) is 0.809. The van der Waals surface area contributed by atoms with Gasteiger partial charge in [-0.3, -0.25) is 14.6 Å². The number of nitrogens with zero attached hydrogens (tertiary/aromatic N) is 4. The molecule has 6 nitrogen and oxygen atoms in total. The van der Waals surface area contributed by atoms with E-state index in [0.717, 1.165) is 12.8 Å². The Kier molecular flexibility index (Phi) is 4.50. The third kappa shape index (κ3) is 3.31. The highest BCUT2D eigenvalue weighted by Gasteiger charge is 2.31. The highest BCUT2D eigenvalue weighted by atomic mass is 16.2. The number of ketones is 1. The molecule has 3 rings (SSSR count). The lowest BCUT2D eigenvalue weighted by Crippen LogP contribution is -2.44. The van der Waals surface area contributed by atoms with Gasteiger partial charge < -0.3 is 9.47 Å². The van der Waals surface area contributed by atoms with Crippen LogP contribution in [0.2, 0.25) is 0 Å². The monoisotopic (exact) mass is 312 g/mol. The van der Waals surface area contributed by atoms with E-state index in [-0.39, 0.29) is 23.7 Å². The normalized spacial score (nSPS) is 19.3. The smallest absolute Gasteiger partial charge is 0.245 e. The van der Waals surface area contributed by atoms with Crippen LogP contribution in [-0.2, 0) is 4.79 Å². The van der Waals surface area contributed by atoms with Gasteiger partial charge in [0.2, 0.25) is 5.91 Å². The molecule has 1 amide bonds. The van der Waals surface area contributed by atoms with E-state index in [1.54, 1.807) is 46.5 Å². The molecule has 0 aliphatic carbocycles. The van der Waals surface area contributed by atoms with Gasteiger partial charge in [0.1, 0.15) is 11.7 Å². The Balaban J connectivity index is 1.68. The number of likely N-dealkylation sites (tertiary alicyclic amines) is 1. The largest absolute Gasteiger partial charge is 0.340 e. The standard InChI is InChI=1S/C17H20N4O2/c1-13(21-10-8-18-12-21)17(23)20-9-4-5-14(11-20)16(22)15-6-2-3-7-19-15/h2-3,6-8,10,12-14H,4-5,9,11H2,1H3/t13-,14+/m0/s1. The van der Waals surface area contributed by atoms with Crippen molar-refractivity contribution < 1.29 is 9.59 Å². The van der Waals surface area contributed by atoms with Gasteiger partial charge in [0.25, 0.3) is 0 Å². The number of carbonyl (C=O) groups is 2. The number of piperidine rings is 1. The van der Waals surface area contributed by atoms with Crippen LogP contribution in [0.15, 0.2) is 43.1 Å². The van der Waals surface area contributed by atoms with Crippen molar-refractivity contribution in [1.82, 2.24) is 19.4 Å². The minimum absolute atomic E-state index is 0.0263. The van der Waals surface area contributed by atoms with Crippen LogP contribution < -0.4 is 0 Å². The van der Waals surface area contributed by atoms with Crippen molar-refractivity contribution in [2.75, 3.05) is 13.1 Å². The predicted octanol–water partition coefficient (Wildman–Crippen LogP) is 1.96. The van der Waals surface area contributed by atoms with Crippen LogP contribution in [0.5, 0.6) is 0 Å². The molecular weight excluding hydrogens is 292 g/mol. The molecule has 2 aromatic heterocycles. The molecule has 2 aromatic rings. The molecule has 3 heterocycles. The molecule has 1 fully saturated rings. The average Bonchev–Trinajstić information content (AvgIpc) is 3.15. The third-order valence-corrected chi connectivity index (χ3v) is 4.35. The van der Waals surface area contributed by atoms with Crippen LogP contribution in [0.25, 0.3) is 0 Å². The maximum absolute atomic E-state index is 12.7. The molecule has 2 atom stereocenters. The lowest BCUT2D eigenvalue weighted by atomic mass is 9.91. The molecule has 1 saturated heterocycles. The number of hydrogen-bond acceptors (Lipinski definition) is 4. The maximum atomic E-state index is 12.7. The number of rotatable bonds is 4. The van der Waals surface area contributed by atoms with Gasteiger partial charge in [-0.05, 0) is 31.9 Å². The molecule has 1 aliphatic heterocycles. The van der Waals surface area contributed by atoms with Crippen LogP contribution in [0.3, 0.4) is 0 Å². The zero-order valence-electron chi connectivity index (χ0n) is 13.1. The van der Waals surface area contributed by atoms with E-state index in [9.17, 15) is 9.59 Å². The number of amides is 1. The maximum Gasteiger partial charge on any atom is 0.245 e. The fourth-order valence-electron chi connectivity index (χ4n) is 3.00. The lowest BCUT2D eigenvalue weighted by Gasteiger charge is -2.33. The zero-order chi connectivity index (χ0) is 16.2. The van der Waals surface area contributed by atoms with Gasteiger partial charge in [-0.1, -0.05) is 6.07 Å². The van der Waals surface area contributed by atoms with E-state index in [2.05, 4.69) is 9.97 Å². The zero-order valence-corrected chi connectivity index (χ0v) is 13.1. The van der Waals surface area contributed by atoms with Crippen molar-refractivity contribution in [3.63, 3.8) is 0 Å². The van der Waals surface area contributed by atoms with Gasteiger partial charge in [-0.2, -0.15) is 0 Å². The molecule has 120 valence electrons. The van der Waals surface area contributed by atoms with Crippen LogP contribution in [0.1, 0.15) is 36.3 Å². The topological polar surface area (TPSA) is 68.1 Å². The number of pyridine rings is 1. The number of Topliss-reactive ketones (excluding diaryl/α,β-unsaturated/α-hetero) is 1.